The van der Waals surface area contributed by atoms with Crippen LogP contribution in [0.25, 0.3) is 0 Å². The van der Waals surface area contributed by atoms with E-state index in [1.165, 1.54) is 17.5 Å². The van der Waals surface area contributed by atoms with Crippen molar-refractivity contribution in [2.45, 2.75) is 30.8 Å². The molecule has 0 spiro atoms. The SMILES string of the molecule is COc1cccc(S(=O)(=O)N2CCn3nc(C(=O)N4CCCC4)cc3C2)c1. The van der Waals surface area contributed by atoms with E-state index in [1.54, 1.807) is 33.8 Å². The molecule has 27 heavy (non-hydrogen) atoms. The van der Waals surface area contributed by atoms with Crippen molar-refractivity contribution in [1.82, 2.24) is 19.0 Å². The second kappa shape index (κ2) is 6.97. The zero-order chi connectivity index (χ0) is 19.0. The van der Waals surface area contributed by atoms with Crippen molar-refractivity contribution in [3.63, 3.8) is 0 Å². The summed E-state index contributed by atoms with van der Waals surface area (Å²) in [7, 11) is -2.14. The van der Waals surface area contributed by atoms with Crippen LogP contribution in [0.4, 0.5) is 0 Å². The third-order valence-electron chi connectivity index (χ3n) is 5.05. The molecule has 0 unspecified atom stereocenters. The molecule has 9 heteroatoms. The van der Waals surface area contributed by atoms with E-state index < -0.39 is 10.0 Å². The summed E-state index contributed by atoms with van der Waals surface area (Å²) < 4.78 is 34.3. The Kier molecular flexibility index (Phi) is 4.65. The fraction of sp³-hybridized carbons (Fsp3) is 0.444. The number of ether oxygens (including phenoxy) is 1. The van der Waals surface area contributed by atoms with E-state index in [2.05, 4.69) is 5.10 Å². The molecule has 1 amide bonds. The summed E-state index contributed by atoms with van der Waals surface area (Å²) in [5.74, 6) is 0.424. The third kappa shape index (κ3) is 3.32. The number of amides is 1. The number of aromatic nitrogens is 2. The lowest BCUT2D eigenvalue weighted by molar-refractivity contribution is 0.0786. The lowest BCUT2D eigenvalue weighted by atomic mass is 10.3. The van der Waals surface area contributed by atoms with Gasteiger partial charge in [-0.1, -0.05) is 6.07 Å². The molecule has 0 aliphatic carbocycles. The molecule has 0 N–H and O–H groups in total. The summed E-state index contributed by atoms with van der Waals surface area (Å²) in [5, 5.41) is 4.40. The number of carbonyl (C=O) groups excluding carboxylic acids is 1. The van der Waals surface area contributed by atoms with E-state index in [-0.39, 0.29) is 17.3 Å². The van der Waals surface area contributed by atoms with Crippen molar-refractivity contribution < 1.29 is 17.9 Å². The first-order valence-electron chi connectivity index (χ1n) is 8.99. The summed E-state index contributed by atoms with van der Waals surface area (Å²) in [5.41, 5.74) is 1.13. The smallest absolute Gasteiger partial charge is 0.274 e. The van der Waals surface area contributed by atoms with Gasteiger partial charge in [-0.15, -0.1) is 0 Å². The molecule has 0 saturated carbocycles. The Bertz CT molecular complexity index is 963. The molecule has 2 aromatic rings. The van der Waals surface area contributed by atoms with Crippen LogP contribution in [0.1, 0.15) is 29.0 Å². The van der Waals surface area contributed by atoms with Crippen molar-refractivity contribution in [2.75, 3.05) is 26.7 Å². The standard InChI is InChI=1S/C18H22N4O4S/c1-26-15-5-4-6-16(12-15)27(24,25)21-9-10-22-14(13-21)11-17(19-22)18(23)20-7-2-3-8-20/h4-6,11-12H,2-3,7-10,13H2,1H3. The summed E-state index contributed by atoms with van der Waals surface area (Å²) in [4.78, 5) is 14.5. The largest absolute Gasteiger partial charge is 0.497 e. The van der Waals surface area contributed by atoms with Gasteiger partial charge in [0.05, 0.1) is 30.8 Å². The normalized spacial score (nSPS) is 17.7. The highest BCUT2D eigenvalue weighted by Crippen LogP contribution is 2.25. The van der Waals surface area contributed by atoms with Crippen molar-refractivity contribution in [3.05, 3.63) is 41.7 Å². The molecule has 1 saturated heterocycles. The van der Waals surface area contributed by atoms with E-state index >= 15 is 0 Å². The maximum absolute atomic E-state index is 13.0. The van der Waals surface area contributed by atoms with Crippen LogP contribution in [0.5, 0.6) is 5.75 Å². The zero-order valence-electron chi connectivity index (χ0n) is 15.2. The van der Waals surface area contributed by atoms with Crippen molar-refractivity contribution in [2.24, 2.45) is 0 Å². The molecule has 1 aromatic carbocycles. The quantitative estimate of drug-likeness (QED) is 0.786. The minimum atomic E-state index is -3.65. The van der Waals surface area contributed by atoms with Gasteiger partial charge >= 0.3 is 0 Å². The Morgan fingerprint density at radius 1 is 1.11 bits per heavy atom. The molecule has 2 aliphatic heterocycles. The molecule has 1 fully saturated rings. The fourth-order valence-electron chi connectivity index (χ4n) is 3.54. The van der Waals surface area contributed by atoms with Crippen molar-refractivity contribution >= 4 is 15.9 Å². The Morgan fingerprint density at radius 3 is 2.63 bits per heavy atom. The molecule has 0 radical (unpaired) electrons. The highest BCUT2D eigenvalue weighted by atomic mass is 32.2. The van der Waals surface area contributed by atoms with Crippen molar-refractivity contribution in [3.8, 4) is 5.75 Å². The van der Waals surface area contributed by atoms with Gasteiger partial charge in [-0.05, 0) is 31.0 Å². The second-order valence-corrected chi connectivity index (χ2v) is 8.70. The number of hydrogen-bond acceptors (Lipinski definition) is 5. The number of carbonyl (C=O) groups is 1. The number of benzene rings is 1. The first-order chi connectivity index (χ1) is 13.0. The van der Waals surface area contributed by atoms with Gasteiger partial charge in [0.1, 0.15) is 5.75 Å². The number of nitrogens with zero attached hydrogens (tertiary/aromatic N) is 4. The summed E-state index contributed by atoms with van der Waals surface area (Å²) in [6.45, 7) is 2.45. The van der Waals surface area contributed by atoms with E-state index in [0.29, 0.717) is 24.5 Å². The summed E-state index contributed by atoms with van der Waals surface area (Å²) in [6.07, 6.45) is 2.04. The van der Waals surface area contributed by atoms with Gasteiger partial charge in [-0.3, -0.25) is 9.48 Å². The molecular weight excluding hydrogens is 368 g/mol. The van der Waals surface area contributed by atoms with Crippen LogP contribution in [0.2, 0.25) is 0 Å². The Balaban J connectivity index is 1.56. The number of rotatable bonds is 4. The highest BCUT2D eigenvalue weighted by Gasteiger charge is 2.31. The molecular formula is C18H22N4O4S. The third-order valence-corrected chi connectivity index (χ3v) is 6.90. The van der Waals surface area contributed by atoms with Gasteiger partial charge in [0, 0.05) is 25.7 Å². The molecule has 3 heterocycles. The van der Waals surface area contributed by atoms with Crippen LogP contribution in [0.3, 0.4) is 0 Å². The molecule has 8 nitrogen and oxygen atoms in total. The summed E-state index contributed by atoms with van der Waals surface area (Å²) >= 11 is 0. The monoisotopic (exact) mass is 390 g/mol. The van der Waals surface area contributed by atoms with Crippen LogP contribution in [-0.4, -0.2) is 60.1 Å². The van der Waals surface area contributed by atoms with Crippen LogP contribution in [0.15, 0.2) is 35.2 Å². The average molecular weight is 390 g/mol. The fourth-order valence-corrected chi connectivity index (χ4v) is 4.98. The number of hydrogen-bond donors (Lipinski definition) is 0. The number of fused-ring (bicyclic) bond motifs is 1. The van der Waals surface area contributed by atoms with Gasteiger partial charge in [-0.2, -0.15) is 9.40 Å². The van der Waals surface area contributed by atoms with Gasteiger partial charge in [0.25, 0.3) is 5.91 Å². The topological polar surface area (TPSA) is 84.7 Å². The van der Waals surface area contributed by atoms with E-state index in [9.17, 15) is 13.2 Å². The summed E-state index contributed by atoms with van der Waals surface area (Å²) in [6, 6.07) is 8.16. The minimum absolute atomic E-state index is 0.0726. The van der Waals surface area contributed by atoms with Gasteiger partial charge in [0.15, 0.2) is 5.69 Å². The van der Waals surface area contributed by atoms with E-state index in [4.69, 9.17) is 4.74 Å². The predicted molar refractivity (Wildman–Crippen MR) is 98.0 cm³/mol. The van der Waals surface area contributed by atoms with Gasteiger partial charge in [0.2, 0.25) is 10.0 Å². The molecule has 2 aliphatic rings. The maximum atomic E-state index is 13.0. The molecule has 144 valence electrons. The van der Waals surface area contributed by atoms with Crippen LogP contribution in [-0.2, 0) is 23.1 Å². The molecule has 4 rings (SSSR count). The average Bonchev–Trinajstić information content (AvgIpc) is 3.36. The van der Waals surface area contributed by atoms with Gasteiger partial charge < -0.3 is 9.64 Å². The van der Waals surface area contributed by atoms with Crippen LogP contribution >= 0.6 is 0 Å². The predicted octanol–water partition coefficient (Wildman–Crippen LogP) is 1.33. The highest BCUT2D eigenvalue weighted by molar-refractivity contribution is 7.89. The Labute approximate surface area is 158 Å². The first kappa shape index (κ1) is 18.0. The molecule has 0 bridgehead atoms. The molecule has 1 aromatic heterocycles. The number of sulfonamides is 1. The Hall–Kier alpha value is -2.39. The lowest BCUT2D eigenvalue weighted by Crippen LogP contribution is -2.38. The minimum Gasteiger partial charge on any atom is -0.497 e. The first-order valence-corrected chi connectivity index (χ1v) is 10.4. The Morgan fingerprint density at radius 2 is 1.89 bits per heavy atom. The number of methoxy groups -OCH3 is 1. The van der Waals surface area contributed by atoms with Gasteiger partial charge in [-0.25, -0.2) is 8.42 Å². The van der Waals surface area contributed by atoms with E-state index in [1.807, 2.05) is 0 Å². The zero-order valence-corrected chi connectivity index (χ0v) is 16.0. The lowest BCUT2D eigenvalue weighted by Gasteiger charge is -2.27. The van der Waals surface area contributed by atoms with Crippen LogP contribution < -0.4 is 4.74 Å². The molecule has 0 atom stereocenters. The number of likely N-dealkylation sites (tertiary alicyclic amines) is 1. The van der Waals surface area contributed by atoms with Crippen LogP contribution in [0, 0.1) is 0 Å². The van der Waals surface area contributed by atoms with Crippen molar-refractivity contribution in [1.29, 1.82) is 0 Å². The second-order valence-electron chi connectivity index (χ2n) is 6.76. The maximum Gasteiger partial charge on any atom is 0.274 e. The van der Waals surface area contributed by atoms with E-state index in [0.717, 1.165) is 31.6 Å².